The van der Waals surface area contributed by atoms with Gasteiger partial charge in [0.15, 0.2) is 11.5 Å². The van der Waals surface area contributed by atoms with Gasteiger partial charge in [-0.3, -0.25) is 14.5 Å². The van der Waals surface area contributed by atoms with Gasteiger partial charge in [0.2, 0.25) is 12.0 Å². The number of carbonyl (C=O) groups excluding carboxylic acids is 2. The minimum atomic E-state index is -0.958. The summed E-state index contributed by atoms with van der Waals surface area (Å²) in [6.07, 6.45) is 4.19. The third-order valence-electron chi connectivity index (χ3n) is 6.40. The molecule has 1 N–H and O–H groups in total. The fourth-order valence-electron chi connectivity index (χ4n) is 4.65. The van der Waals surface area contributed by atoms with E-state index in [1.54, 1.807) is 18.2 Å². The van der Waals surface area contributed by atoms with E-state index < -0.39 is 23.9 Å². The normalized spacial score (nSPS) is 18.5. The number of hydrogen-bond acceptors (Lipinski definition) is 5. The first-order chi connectivity index (χ1) is 17.1. The molecule has 1 aliphatic heterocycles. The highest BCUT2D eigenvalue weighted by molar-refractivity contribution is 7.10. The first kappa shape index (κ1) is 23.4. The van der Waals surface area contributed by atoms with Crippen molar-refractivity contribution < 1.29 is 23.5 Å². The molecule has 0 saturated heterocycles. The van der Waals surface area contributed by atoms with Crippen LogP contribution < -0.4 is 19.7 Å². The SMILES string of the molecule is O=C(NC1CCCCC1)[C@@H](c1cccs1)N(C(=O)[C@@H]1COc2ccccc2O1)c1ccc(F)cc1. The Kier molecular flexibility index (Phi) is 6.99. The number of nitrogens with one attached hydrogen (secondary N) is 1. The number of carbonyl (C=O) groups is 2. The van der Waals surface area contributed by atoms with E-state index >= 15 is 0 Å². The number of anilines is 1. The van der Waals surface area contributed by atoms with Crippen molar-refractivity contribution in [3.05, 3.63) is 76.7 Å². The van der Waals surface area contributed by atoms with Crippen LogP contribution in [0.2, 0.25) is 0 Å². The summed E-state index contributed by atoms with van der Waals surface area (Å²) in [4.78, 5) is 29.8. The van der Waals surface area contributed by atoms with Gasteiger partial charge in [-0.25, -0.2) is 4.39 Å². The smallest absolute Gasteiger partial charge is 0.272 e. The zero-order chi connectivity index (χ0) is 24.2. The molecule has 3 aromatic rings. The molecular weight excluding hydrogens is 467 g/mol. The van der Waals surface area contributed by atoms with Crippen LogP contribution in [-0.2, 0) is 9.59 Å². The molecule has 0 radical (unpaired) electrons. The predicted octanol–water partition coefficient (Wildman–Crippen LogP) is 5.25. The monoisotopic (exact) mass is 494 g/mol. The molecule has 182 valence electrons. The lowest BCUT2D eigenvalue weighted by Crippen LogP contribution is -2.52. The van der Waals surface area contributed by atoms with Crippen LogP contribution in [0.5, 0.6) is 11.5 Å². The van der Waals surface area contributed by atoms with Gasteiger partial charge in [-0.05, 0) is 60.7 Å². The molecule has 0 bridgehead atoms. The largest absolute Gasteiger partial charge is 0.485 e. The van der Waals surface area contributed by atoms with E-state index in [4.69, 9.17) is 9.47 Å². The highest BCUT2D eigenvalue weighted by Crippen LogP contribution is 2.35. The average molecular weight is 495 g/mol. The number of thiophene rings is 1. The van der Waals surface area contributed by atoms with Gasteiger partial charge in [0.25, 0.3) is 5.91 Å². The number of para-hydroxylation sites is 2. The van der Waals surface area contributed by atoms with Gasteiger partial charge in [0.1, 0.15) is 18.5 Å². The van der Waals surface area contributed by atoms with Crippen molar-refractivity contribution in [1.29, 1.82) is 0 Å². The molecule has 8 heteroatoms. The first-order valence-corrected chi connectivity index (χ1v) is 12.8. The van der Waals surface area contributed by atoms with Crippen molar-refractivity contribution >= 4 is 28.8 Å². The van der Waals surface area contributed by atoms with Crippen LogP contribution in [0.3, 0.4) is 0 Å². The van der Waals surface area contributed by atoms with E-state index in [0.717, 1.165) is 25.7 Å². The maximum Gasteiger partial charge on any atom is 0.272 e. The van der Waals surface area contributed by atoms with Crippen LogP contribution >= 0.6 is 11.3 Å². The Morgan fingerprint density at radius 2 is 1.71 bits per heavy atom. The zero-order valence-electron chi connectivity index (χ0n) is 19.2. The summed E-state index contributed by atoms with van der Waals surface area (Å²) in [5.74, 6) is -0.0747. The second-order valence-electron chi connectivity index (χ2n) is 8.81. The fraction of sp³-hybridized carbons (Fsp3) is 0.333. The van der Waals surface area contributed by atoms with Crippen molar-refractivity contribution in [2.24, 2.45) is 0 Å². The van der Waals surface area contributed by atoms with Gasteiger partial charge in [0, 0.05) is 16.6 Å². The number of rotatable bonds is 6. The number of ether oxygens (including phenoxy) is 2. The number of benzene rings is 2. The van der Waals surface area contributed by atoms with Crippen LogP contribution in [0.15, 0.2) is 66.0 Å². The number of hydrogen-bond donors (Lipinski definition) is 1. The summed E-state index contributed by atoms with van der Waals surface area (Å²) >= 11 is 1.40. The molecule has 1 aliphatic carbocycles. The lowest BCUT2D eigenvalue weighted by atomic mass is 9.95. The molecule has 0 spiro atoms. The van der Waals surface area contributed by atoms with Crippen LogP contribution in [0.25, 0.3) is 0 Å². The number of halogens is 1. The third kappa shape index (κ3) is 5.17. The van der Waals surface area contributed by atoms with Gasteiger partial charge in [0.05, 0.1) is 0 Å². The van der Waals surface area contributed by atoms with E-state index in [-0.39, 0.29) is 18.6 Å². The summed E-state index contributed by atoms with van der Waals surface area (Å²) in [6.45, 7) is 0.00887. The summed E-state index contributed by atoms with van der Waals surface area (Å²) in [5.41, 5.74) is 0.413. The molecule has 2 aliphatic rings. The number of fused-ring (bicyclic) bond motifs is 1. The summed E-state index contributed by atoms with van der Waals surface area (Å²) in [6, 6.07) is 15.6. The van der Waals surface area contributed by atoms with E-state index in [9.17, 15) is 14.0 Å². The maximum absolute atomic E-state index is 14.0. The van der Waals surface area contributed by atoms with Crippen molar-refractivity contribution in [2.75, 3.05) is 11.5 Å². The molecule has 2 aromatic carbocycles. The molecular formula is C27H27FN2O4S. The van der Waals surface area contributed by atoms with E-state index in [2.05, 4.69) is 5.32 Å². The van der Waals surface area contributed by atoms with Crippen LogP contribution in [-0.4, -0.2) is 30.6 Å². The van der Waals surface area contributed by atoms with Crippen LogP contribution in [0.4, 0.5) is 10.1 Å². The van der Waals surface area contributed by atoms with E-state index in [1.165, 1.54) is 46.9 Å². The Morgan fingerprint density at radius 3 is 2.43 bits per heavy atom. The van der Waals surface area contributed by atoms with Crippen molar-refractivity contribution in [3.63, 3.8) is 0 Å². The van der Waals surface area contributed by atoms with Crippen LogP contribution in [0, 0.1) is 5.82 Å². The quantitative estimate of drug-likeness (QED) is 0.508. The highest BCUT2D eigenvalue weighted by Gasteiger charge is 2.40. The summed E-state index contributed by atoms with van der Waals surface area (Å²) < 4.78 is 25.6. The van der Waals surface area contributed by atoms with E-state index in [1.807, 2.05) is 23.6 Å². The van der Waals surface area contributed by atoms with Crippen molar-refractivity contribution in [3.8, 4) is 11.5 Å². The lowest BCUT2D eigenvalue weighted by molar-refractivity contribution is -0.132. The minimum Gasteiger partial charge on any atom is -0.485 e. The van der Waals surface area contributed by atoms with E-state index in [0.29, 0.717) is 22.1 Å². The molecule has 35 heavy (non-hydrogen) atoms. The highest BCUT2D eigenvalue weighted by atomic mass is 32.1. The molecule has 1 saturated carbocycles. The fourth-order valence-corrected chi connectivity index (χ4v) is 5.46. The Hall–Kier alpha value is -3.39. The van der Waals surface area contributed by atoms with Crippen molar-refractivity contribution in [1.82, 2.24) is 5.32 Å². The van der Waals surface area contributed by atoms with Gasteiger partial charge in [-0.1, -0.05) is 37.5 Å². The Labute approximate surface area is 207 Å². The Balaban J connectivity index is 1.50. The number of nitrogens with zero attached hydrogens (tertiary/aromatic N) is 1. The minimum absolute atomic E-state index is 0.00887. The van der Waals surface area contributed by atoms with Crippen LogP contribution in [0.1, 0.15) is 43.0 Å². The van der Waals surface area contributed by atoms with Gasteiger partial charge in [-0.2, -0.15) is 0 Å². The van der Waals surface area contributed by atoms with Gasteiger partial charge >= 0.3 is 0 Å². The summed E-state index contributed by atoms with van der Waals surface area (Å²) in [7, 11) is 0. The standard InChI is InChI=1S/C27H27FN2O4S/c28-18-12-14-20(15-13-18)30(27(32)23-17-33-21-9-4-5-10-22(21)34-23)25(24-11-6-16-35-24)26(31)29-19-7-2-1-3-8-19/h4-6,9-16,19,23,25H,1-3,7-8,17H2,(H,29,31)/t23-,25+/m0/s1. The predicted molar refractivity (Wildman–Crippen MR) is 132 cm³/mol. The van der Waals surface area contributed by atoms with Crippen molar-refractivity contribution in [2.45, 2.75) is 50.3 Å². The molecule has 0 unspecified atom stereocenters. The number of amides is 2. The molecule has 2 amide bonds. The second-order valence-corrected chi connectivity index (χ2v) is 9.79. The first-order valence-electron chi connectivity index (χ1n) is 11.9. The molecule has 2 atom stereocenters. The Morgan fingerprint density at radius 1 is 0.971 bits per heavy atom. The zero-order valence-corrected chi connectivity index (χ0v) is 20.0. The molecule has 1 aromatic heterocycles. The molecule has 5 rings (SSSR count). The average Bonchev–Trinajstić information content (AvgIpc) is 3.42. The Bertz CT molecular complexity index is 1160. The van der Waals surface area contributed by atoms with Gasteiger partial charge < -0.3 is 14.8 Å². The topological polar surface area (TPSA) is 67.9 Å². The second kappa shape index (κ2) is 10.5. The molecule has 6 nitrogen and oxygen atoms in total. The molecule has 1 fully saturated rings. The molecule has 2 heterocycles. The maximum atomic E-state index is 14.0. The third-order valence-corrected chi connectivity index (χ3v) is 7.32. The lowest BCUT2D eigenvalue weighted by Gasteiger charge is -2.35. The summed E-state index contributed by atoms with van der Waals surface area (Å²) in [5, 5.41) is 5.05. The van der Waals surface area contributed by atoms with Gasteiger partial charge in [-0.15, -0.1) is 11.3 Å².